The maximum atomic E-state index is 11.5. The number of hydrogen-bond donors (Lipinski definition) is 1. The van der Waals surface area contributed by atoms with Gasteiger partial charge in [-0.3, -0.25) is 4.79 Å². The van der Waals surface area contributed by atoms with Gasteiger partial charge in [-0.05, 0) is 37.1 Å². The Morgan fingerprint density at radius 1 is 1.28 bits per heavy atom. The lowest BCUT2D eigenvalue weighted by Crippen LogP contribution is -2.17. The van der Waals surface area contributed by atoms with Gasteiger partial charge in [-0.1, -0.05) is 0 Å². The Hall–Kier alpha value is -1.55. The van der Waals surface area contributed by atoms with Gasteiger partial charge < -0.3 is 15.0 Å². The zero-order valence-corrected chi connectivity index (χ0v) is 10.8. The fraction of sp³-hybridized carbons (Fsp3) is 0.500. The monoisotopic (exact) mass is 248 g/mol. The molecule has 0 saturated carbocycles. The molecule has 0 unspecified atom stereocenters. The average Bonchev–Trinajstić information content (AvgIpc) is 2.91. The fourth-order valence-corrected chi connectivity index (χ4v) is 2.15. The first-order valence-electron chi connectivity index (χ1n) is 6.43. The highest BCUT2D eigenvalue weighted by atomic mass is 16.5. The molecule has 0 bridgehead atoms. The highest BCUT2D eigenvalue weighted by molar-refractivity contribution is 5.90. The van der Waals surface area contributed by atoms with Gasteiger partial charge in [-0.25, -0.2) is 0 Å². The molecule has 1 fully saturated rings. The minimum Gasteiger partial charge on any atom is -0.384 e. The van der Waals surface area contributed by atoms with Crippen LogP contribution in [0, 0.1) is 0 Å². The summed E-state index contributed by atoms with van der Waals surface area (Å²) in [6.07, 6.45) is 2.94. The molecule has 1 heterocycles. The van der Waals surface area contributed by atoms with Crippen molar-refractivity contribution in [2.24, 2.45) is 0 Å². The van der Waals surface area contributed by atoms with Gasteiger partial charge in [0.15, 0.2) is 0 Å². The lowest BCUT2D eigenvalue weighted by molar-refractivity contribution is -0.117. The molecule has 0 aliphatic carbocycles. The van der Waals surface area contributed by atoms with Gasteiger partial charge >= 0.3 is 0 Å². The van der Waals surface area contributed by atoms with Crippen LogP contribution < -0.4 is 10.2 Å². The molecule has 1 N–H and O–H groups in total. The number of carbonyl (C=O) groups excluding carboxylic acids is 1. The van der Waals surface area contributed by atoms with Crippen LogP contribution in [0.15, 0.2) is 24.3 Å². The summed E-state index contributed by atoms with van der Waals surface area (Å²) in [5.41, 5.74) is 2.08. The molecule has 1 aliphatic heterocycles. The van der Waals surface area contributed by atoms with E-state index < -0.39 is 0 Å². The zero-order valence-electron chi connectivity index (χ0n) is 10.8. The SMILES string of the molecule is COCCC(=O)Nc1ccc(N2CCCC2)cc1. The molecule has 0 radical (unpaired) electrons. The van der Waals surface area contributed by atoms with Crippen LogP contribution in [0.3, 0.4) is 0 Å². The third-order valence-corrected chi connectivity index (χ3v) is 3.16. The maximum absolute atomic E-state index is 11.5. The first-order chi connectivity index (χ1) is 8.79. The zero-order chi connectivity index (χ0) is 12.8. The highest BCUT2D eigenvalue weighted by Gasteiger charge is 2.11. The summed E-state index contributed by atoms with van der Waals surface area (Å²) in [5.74, 6) is -0.00854. The number of carbonyl (C=O) groups is 1. The van der Waals surface area contributed by atoms with E-state index in [1.807, 2.05) is 12.1 Å². The number of methoxy groups -OCH3 is 1. The molecule has 0 atom stereocenters. The molecular weight excluding hydrogens is 228 g/mol. The Balaban J connectivity index is 1.88. The van der Waals surface area contributed by atoms with E-state index in [0.29, 0.717) is 13.0 Å². The van der Waals surface area contributed by atoms with Crippen molar-refractivity contribution in [2.45, 2.75) is 19.3 Å². The van der Waals surface area contributed by atoms with Crippen molar-refractivity contribution in [3.05, 3.63) is 24.3 Å². The first-order valence-corrected chi connectivity index (χ1v) is 6.43. The Bertz CT molecular complexity index is 383. The maximum Gasteiger partial charge on any atom is 0.226 e. The number of benzene rings is 1. The molecule has 98 valence electrons. The molecular formula is C14H20N2O2. The summed E-state index contributed by atoms with van der Waals surface area (Å²) in [4.78, 5) is 13.9. The second-order valence-corrected chi connectivity index (χ2v) is 4.53. The van der Waals surface area contributed by atoms with E-state index in [1.165, 1.54) is 18.5 Å². The molecule has 1 amide bonds. The summed E-state index contributed by atoms with van der Waals surface area (Å²) < 4.78 is 4.87. The van der Waals surface area contributed by atoms with Crippen molar-refractivity contribution in [1.82, 2.24) is 0 Å². The number of amides is 1. The number of nitrogens with zero attached hydrogens (tertiary/aromatic N) is 1. The van der Waals surface area contributed by atoms with Crippen LogP contribution in [0.25, 0.3) is 0 Å². The third kappa shape index (κ3) is 3.47. The van der Waals surface area contributed by atoms with Gasteiger partial charge in [0.25, 0.3) is 0 Å². The number of ether oxygens (including phenoxy) is 1. The number of anilines is 2. The molecule has 4 nitrogen and oxygen atoms in total. The minimum absolute atomic E-state index is 0.00854. The van der Waals surface area contributed by atoms with Gasteiger partial charge in [0.2, 0.25) is 5.91 Å². The molecule has 1 aliphatic rings. The van der Waals surface area contributed by atoms with Crippen molar-refractivity contribution in [3.63, 3.8) is 0 Å². The topological polar surface area (TPSA) is 41.6 Å². The van der Waals surface area contributed by atoms with Crippen LogP contribution >= 0.6 is 0 Å². The van der Waals surface area contributed by atoms with Crippen molar-refractivity contribution < 1.29 is 9.53 Å². The standard InChI is InChI=1S/C14H20N2O2/c1-18-11-8-14(17)15-12-4-6-13(7-5-12)16-9-2-3-10-16/h4-7H,2-3,8-11H2,1H3,(H,15,17). The molecule has 0 aromatic heterocycles. The predicted molar refractivity (Wildman–Crippen MR) is 73.0 cm³/mol. The van der Waals surface area contributed by atoms with E-state index in [9.17, 15) is 4.79 Å². The Morgan fingerprint density at radius 3 is 2.56 bits per heavy atom. The van der Waals surface area contributed by atoms with Gasteiger partial charge in [-0.2, -0.15) is 0 Å². The molecule has 0 spiro atoms. The van der Waals surface area contributed by atoms with Crippen LogP contribution in [-0.4, -0.2) is 32.7 Å². The fourth-order valence-electron chi connectivity index (χ4n) is 2.15. The Labute approximate surface area is 108 Å². The summed E-state index contributed by atoms with van der Waals surface area (Å²) in [5, 5.41) is 2.86. The van der Waals surface area contributed by atoms with Crippen molar-refractivity contribution in [1.29, 1.82) is 0 Å². The summed E-state index contributed by atoms with van der Waals surface area (Å²) in [6, 6.07) is 8.05. The Kier molecular flexibility index (Phi) is 4.59. The first kappa shape index (κ1) is 12.9. The molecule has 1 aromatic carbocycles. The molecule has 1 saturated heterocycles. The normalized spacial score (nSPS) is 14.8. The van der Waals surface area contributed by atoms with Crippen LogP contribution in [0.5, 0.6) is 0 Å². The van der Waals surface area contributed by atoms with Gasteiger partial charge in [0, 0.05) is 31.6 Å². The smallest absolute Gasteiger partial charge is 0.226 e. The van der Waals surface area contributed by atoms with E-state index in [0.717, 1.165) is 18.8 Å². The van der Waals surface area contributed by atoms with Gasteiger partial charge in [-0.15, -0.1) is 0 Å². The lowest BCUT2D eigenvalue weighted by atomic mass is 10.2. The minimum atomic E-state index is -0.00854. The largest absolute Gasteiger partial charge is 0.384 e. The van der Waals surface area contributed by atoms with Gasteiger partial charge in [0.1, 0.15) is 0 Å². The van der Waals surface area contributed by atoms with E-state index in [4.69, 9.17) is 4.74 Å². The third-order valence-electron chi connectivity index (χ3n) is 3.16. The van der Waals surface area contributed by atoms with Crippen LogP contribution in [0.2, 0.25) is 0 Å². The summed E-state index contributed by atoms with van der Waals surface area (Å²) >= 11 is 0. The molecule has 4 heteroatoms. The quantitative estimate of drug-likeness (QED) is 0.869. The van der Waals surface area contributed by atoms with Crippen LogP contribution in [-0.2, 0) is 9.53 Å². The van der Waals surface area contributed by atoms with Crippen molar-refractivity contribution >= 4 is 17.3 Å². The molecule has 2 rings (SSSR count). The predicted octanol–water partition coefficient (Wildman–Crippen LogP) is 2.26. The summed E-state index contributed by atoms with van der Waals surface area (Å²) in [6.45, 7) is 2.73. The second-order valence-electron chi connectivity index (χ2n) is 4.53. The van der Waals surface area contributed by atoms with Gasteiger partial charge in [0.05, 0.1) is 13.0 Å². The average molecular weight is 248 g/mol. The van der Waals surface area contributed by atoms with E-state index >= 15 is 0 Å². The van der Waals surface area contributed by atoms with E-state index in [2.05, 4.69) is 22.3 Å². The lowest BCUT2D eigenvalue weighted by Gasteiger charge is -2.17. The number of hydrogen-bond acceptors (Lipinski definition) is 3. The van der Waals surface area contributed by atoms with Crippen molar-refractivity contribution in [2.75, 3.05) is 37.0 Å². The number of nitrogens with one attached hydrogen (secondary N) is 1. The van der Waals surface area contributed by atoms with Crippen LogP contribution in [0.4, 0.5) is 11.4 Å². The van der Waals surface area contributed by atoms with Crippen molar-refractivity contribution in [3.8, 4) is 0 Å². The van der Waals surface area contributed by atoms with E-state index in [-0.39, 0.29) is 5.91 Å². The number of rotatable bonds is 5. The Morgan fingerprint density at radius 2 is 1.94 bits per heavy atom. The molecule has 18 heavy (non-hydrogen) atoms. The molecule has 1 aromatic rings. The van der Waals surface area contributed by atoms with E-state index in [1.54, 1.807) is 7.11 Å². The summed E-state index contributed by atoms with van der Waals surface area (Å²) in [7, 11) is 1.60. The highest BCUT2D eigenvalue weighted by Crippen LogP contribution is 2.21. The van der Waals surface area contributed by atoms with Crippen LogP contribution in [0.1, 0.15) is 19.3 Å². The second kappa shape index (κ2) is 6.40.